The van der Waals surface area contributed by atoms with Gasteiger partial charge in [-0.3, -0.25) is 9.42 Å². The molecule has 52 heavy (non-hydrogen) atoms. The third kappa shape index (κ3) is 5.45. The number of aromatic nitrogens is 2. The van der Waals surface area contributed by atoms with Gasteiger partial charge in [0.1, 0.15) is 11.9 Å². The maximum absolute atomic E-state index is 14.7. The summed E-state index contributed by atoms with van der Waals surface area (Å²) in [6.07, 6.45) is 12.5. The molecule has 0 bridgehead atoms. The van der Waals surface area contributed by atoms with Crippen molar-refractivity contribution in [3.63, 3.8) is 0 Å². The summed E-state index contributed by atoms with van der Waals surface area (Å²) in [4.78, 5) is 14.5. The lowest BCUT2D eigenvalue weighted by atomic mass is 9.33. The van der Waals surface area contributed by atoms with E-state index in [1.165, 1.54) is 17.7 Å². The van der Waals surface area contributed by atoms with Gasteiger partial charge in [-0.05, 0) is 139 Å². The van der Waals surface area contributed by atoms with Crippen molar-refractivity contribution < 1.29 is 32.6 Å². The SMILES string of the molecule is CC(CCC(=O)C12CCC(C)(C)CC1C1=CCC3C4(C)CCC(O)C(C)(C)C4CCC3(C)[C@]1(C)CC2)Oc1no[n+]([O-])c1S(=O)(=O)c1ccccc1. The van der Waals surface area contributed by atoms with Gasteiger partial charge in [-0.1, -0.05) is 78.3 Å². The van der Waals surface area contributed by atoms with Crippen LogP contribution < -0.4 is 9.64 Å². The second-order valence-electron chi connectivity index (χ2n) is 19.5. The van der Waals surface area contributed by atoms with Crippen LogP contribution in [0.1, 0.15) is 132 Å². The van der Waals surface area contributed by atoms with Crippen molar-refractivity contribution in [1.82, 2.24) is 5.16 Å². The van der Waals surface area contributed by atoms with Crippen molar-refractivity contribution in [2.24, 2.45) is 50.2 Å². The second-order valence-corrected chi connectivity index (χ2v) is 21.4. The highest BCUT2D eigenvalue weighted by Gasteiger charge is 2.69. The van der Waals surface area contributed by atoms with E-state index in [9.17, 15) is 23.5 Å². The van der Waals surface area contributed by atoms with E-state index in [0.29, 0.717) is 24.7 Å². The molecule has 7 rings (SSSR count). The van der Waals surface area contributed by atoms with Crippen LogP contribution >= 0.6 is 0 Å². The molecule has 5 aliphatic rings. The van der Waals surface area contributed by atoms with Crippen molar-refractivity contribution >= 4 is 15.6 Å². The number of ketones is 1. The van der Waals surface area contributed by atoms with Gasteiger partial charge < -0.3 is 15.1 Å². The van der Waals surface area contributed by atoms with Gasteiger partial charge in [-0.2, -0.15) is 0 Å². The Morgan fingerprint density at radius 3 is 2.40 bits per heavy atom. The number of carbonyl (C=O) groups excluding carboxylic acids is 1. The van der Waals surface area contributed by atoms with E-state index in [0.717, 1.165) is 64.2 Å². The van der Waals surface area contributed by atoms with Crippen LogP contribution in [0.25, 0.3) is 0 Å². The Morgan fingerprint density at radius 1 is 1.00 bits per heavy atom. The van der Waals surface area contributed by atoms with E-state index < -0.39 is 32.3 Å². The predicted molar refractivity (Wildman–Crippen MR) is 197 cm³/mol. The monoisotopic (exact) mass is 736 g/mol. The molecule has 5 aliphatic carbocycles. The Balaban J connectivity index is 1.13. The molecular formula is C42H60N2O7S. The van der Waals surface area contributed by atoms with Gasteiger partial charge in [0, 0.05) is 11.8 Å². The van der Waals surface area contributed by atoms with E-state index in [4.69, 9.17) is 9.37 Å². The number of ether oxygens (including phenoxy) is 1. The van der Waals surface area contributed by atoms with Crippen LogP contribution in [0.15, 0.2) is 56.5 Å². The molecule has 8 unspecified atom stereocenters. The Hall–Kier alpha value is -2.72. The Kier molecular flexibility index (Phi) is 8.97. The molecule has 1 heterocycles. The number of allylic oxidation sites excluding steroid dienone is 2. The summed E-state index contributed by atoms with van der Waals surface area (Å²) in [7, 11) is -4.24. The quantitative estimate of drug-likeness (QED) is 0.211. The first-order valence-electron chi connectivity index (χ1n) is 19.7. The van der Waals surface area contributed by atoms with Crippen LogP contribution in [0.5, 0.6) is 5.88 Å². The Morgan fingerprint density at radius 2 is 1.69 bits per heavy atom. The van der Waals surface area contributed by atoms with Crippen molar-refractivity contribution in [1.29, 1.82) is 0 Å². The topological polar surface area (TPSA) is 134 Å². The summed E-state index contributed by atoms with van der Waals surface area (Å²) in [6.45, 7) is 18.7. The molecule has 0 aliphatic heterocycles. The summed E-state index contributed by atoms with van der Waals surface area (Å²) in [6, 6.07) is 7.65. The third-order valence-electron chi connectivity index (χ3n) is 16.1. The Labute approximate surface area is 310 Å². The number of hydrogen-bond donors (Lipinski definition) is 1. The smallest absolute Gasteiger partial charge is 0.415 e. The van der Waals surface area contributed by atoms with Crippen LogP contribution in [0.4, 0.5) is 0 Å². The molecule has 9 nitrogen and oxygen atoms in total. The molecule has 1 N–H and O–H groups in total. The molecule has 2 aromatic rings. The maximum atomic E-state index is 14.7. The van der Waals surface area contributed by atoms with Crippen molar-refractivity contribution in [2.75, 3.05) is 0 Å². The summed E-state index contributed by atoms with van der Waals surface area (Å²) in [5, 5.41) is 26.5. The first-order valence-corrected chi connectivity index (χ1v) is 21.2. The molecule has 4 saturated carbocycles. The van der Waals surface area contributed by atoms with E-state index in [1.807, 2.05) is 0 Å². The van der Waals surface area contributed by atoms with Gasteiger partial charge in [0.25, 0.3) is 9.84 Å². The number of benzene rings is 1. The largest absolute Gasteiger partial charge is 0.451 e. The molecule has 10 heteroatoms. The van der Waals surface area contributed by atoms with Crippen LogP contribution in [-0.2, 0) is 14.6 Å². The summed E-state index contributed by atoms with van der Waals surface area (Å²) >= 11 is 0. The minimum Gasteiger partial charge on any atom is -0.451 e. The van der Waals surface area contributed by atoms with Crippen LogP contribution in [0.3, 0.4) is 0 Å². The molecule has 0 saturated heterocycles. The molecule has 0 amide bonds. The molecule has 9 atom stereocenters. The van der Waals surface area contributed by atoms with Gasteiger partial charge in [-0.15, -0.1) is 0 Å². The van der Waals surface area contributed by atoms with Crippen molar-refractivity contribution in [2.45, 2.75) is 155 Å². The van der Waals surface area contributed by atoms with E-state index in [1.54, 1.807) is 25.1 Å². The number of Topliss-reactive ketones (excluding diaryl/α,β-unsaturated/α-hetero) is 1. The third-order valence-corrected chi connectivity index (χ3v) is 17.8. The van der Waals surface area contributed by atoms with E-state index in [2.05, 4.69) is 59.7 Å². The minimum atomic E-state index is -4.24. The zero-order valence-corrected chi connectivity index (χ0v) is 33.4. The van der Waals surface area contributed by atoms with Gasteiger partial charge in [0.15, 0.2) is 0 Å². The standard InChI is InChI=1S/C42H60N2O7S/c1-27(50-35-36(44(47)51-43-35)52(48,49)28-12-10-9-11-13-28)14-17-34(46)42-24-22-37(2,3)26-30(42)29-15-16-32-39(6)20-19-33(45)38(4,5)31(39)18-21-41(32,8)40(29,7)23-25-42/h9-13,15,27,30-33,45H,14,16-26H2,1-8H3/t27?,30?,31?,32?,33?,39?,40-,41?,42?/m1/s1. The molecular weight excluding hydrogens is 677 g/mol. The van der Waals surface area contributed by atoms with Gasteiger partial charge in [0.05, 0.1) is 16.2 Å². The zero-order valence-electron chi connectivity index (χ0n) is 32.5. The van der Waals surface area contributed by atoms with Gasteiger partial charge >= 0.3 is 10.9 Å². The molecule has 286 valence electrons. The highest BCUT2D eigenvalue weighted by molar-refractivity contribution is 7.91. The van der Waals surface area contributed by atoms with Crippen molar-refractivity contribution in [3.05, 3.63) is 47.2 Å². The lowest BCUT2D eigenvalue weighted by Crippen LogP contribution is -2.65. The molecule has 1 aromatic carbocycles. The van der Waals surface area contributed by atoms with Crippen LogP contribution in [0.2, 0.25) is 0 Å². The maximum Gasteiger partial charge on any atom is 0.415 e. The molecule has 0 radical (unpaired) electrons. The number of rotatable bonds is 8. The van der Waals surface area contributed by atoms with Gasteiger partial charge in [0.2, 0.25) is 0 Å². The number of aliphatic hydroxyl groups is 1. The van der Waals surface area contributed by atoms with Crippen molar-refractivity contribution in [3.8, 4) is 5.88 Å². The predicted octanol–water partition coefficient (Wildman–Crippen LogP) is 8.42. The Bertz CT molecular complexity index is 1850. The van der Waals surface area contributed by atoms with E-state index in [-0.39, 0.29) is 54.7 Å². The molecule has 0 spiro atoms. The number of hydrogen-bond acceptors (Lipinski definition) is 8. The summed E-state index contributed by atoms with van der Waals surface area (Å²) in [5.41, 5.74) is 1.42. The number of aliphatic hydroxyl groups excluding tert-OH is 1. The highest BCUT2D eigenvalue weighted by Crippen LogP contribution is 2.76. The normalized spacial score (nSPS) is 38.4. The number of carbonyl (C=O) groups is 1. The summed E-state index contributed by atoms with van der Waals surface area (Å²) < 4.78 is 37.3. The molecule has 1 aromatic heterocycles. The van der Waals surface area contributed by atoms with Gasteiger partial charge in [-0.25, -0.2) is 8.42 Å². The fraction of sp³-hybridized carbons (Fsp3) is 0.738. The average molecular weight is 737 g/mol. The van der Waals surface area contributed by atoms with E-state index >= 15 is 0 Å². The fourth-order valence-electron chi connectivity index (χ4n) is 12.8. The number of nitrogens with zero attached hydrogens (tertiary/aromatic N) is 2. The van der Waals surface area contributed by atoms with Crippen LogP contribution in [0, 0.1) is 55.5 Å². The molecule has 4 fully saturated rings. The second kappa shape index (κ2) is 12.4. The lowest BCUT2D eigenvalue weighted by molar-refractivity contribution is -0.832. The highest BCUT2D eigenvalue weighted by atomic mass is 32.2. The minimum absolute atomic E-state index is 0.00365. The number of sulfone groups is 1. The first kappa shape index (κ1) is 37.6. The zero-order chi connectivity index (χ0) is 37.7. The van der Waals surface area contributed by atoms with Crippen LogP contribution in [-0.4, -0.2) is 36.7 Å². The lowest BCUT2D eigenvalue weighted by Gasteiger charge is -2.71. The fourth-order valence-corrected chi connectivity index (χ4v) is 14.1. The summed E-state index contributed by atoms with van der Waals surface area (Å²) in [5.74, 6) is 1.10. The first-order chi connectivity index (χ1) is 24.2. The average Bonchev–Trinajstić information content (AvgIpc) is 3.46. The number of fused-ring (bicyclic) bond motifs is 7.